The van der Waals surface area contributed by atoms with Crippen LogP contribution in [-0.4, -0.2) is 18.0 Å². The van der Waals surface area contributed by atoms with E-state index in [1.807, 2.05) is 54.6 Å². The summed E-state index contributed by atoms with van der Waals surface area (Å²) < 4.78 is 5.65. The number of ether oxygens (including phenoxy) is 1. The van der Waals surface area contributed by atoms with E-state index in [-0.39, 0.29) is 5.57 Å². The summed E-state index contributed by atoms with van der Waals surface area (Å²) in [5, 5.41) is 11.8. The van der Waals surface area contributed by atoms with Crippen molar-refractivity contribution in [1.82, 2.24) is 0 Å². The third-order valence-corrected chi connectivity index (χ3v) is 4.67. The number of carbonyl (C=O) groups excluding carboxylic acids is 1. The molecule has 3 nitrogen and oxygen atoms in total. The molecule has 136 valence electrons. The number of carbonyl (C=O) groups is 1. The Bertz CT molecular complexity index is 904. The second kappa shape index (κ2) is 8.12. The van der Waals surface area contributed by atoms with E-state index in [1.165, 1.54) is 7.11 Å². The first kappa shape index (κ1) is 18.8. The van der Waals surface area contributed by atoms with Gasteiger partial charge in [-0.1, -0.05) is 97.6 Å². The SMILES string of the molecule is C=C(C(=O)[C@](O)(c1ccccc1)[C@H](OC)c1ccccc1)c1ccccc1. The number of hydrogen-bond donors (Lipinski definition) is 1. The zero-order chi connectivity index (χ0) is 19.3. The Morgan fingerprint density at radius 1 is 0.889 bits per heavy atom. The number of rotatable bonds is 7. The van der Waals surface area contributed by atoms with Gasteiger partial charge in [-0.2, -0.15) is 0 Å². The lowest BCUT2D eigenvalue weighted by atomic mass is 9.77. The molecule has 27 heavy (non-hydrogen) atoms. The molecule has 0 aromatic heterocycles. The summed E-state index contributed by atoms with van der Waals surface area (Å²) in [7, 11) is 1.49. The molecule has 0 amide bonds. The maximum Gasteiger partial charge on any atom is 0.202 e. The summed E-state index contributed by atoms with van der Waals surface area (Å²) >= 11 is 0. The first-order valence-electron chi connectivity index (χ1n) is 8.73. The van der Waals surface area contributed by atoms with Gasteiger partial charge in [0.15, 0.2) is 5.60 Å². The minimum atomic E-state index is -1.91. The molecule has 0 saturated carbocycles. The van der Waals surface area contributed by atoms with E-state index in [0.717, 1.165) is 0 Å². The van der Waals surface area contributed by atoms with Crippen LogP contribution in [0.4, 0.5) is 0 Å². The highest BCUT2D eigenvalue weighted by molar-refractivity contribution is 6.24. The van der Waals surface area contributed by atoms with Crippen LogP contribution in [0.1, 0.15) is 22.8 Å². The molecule has 3 heteroatoms. The van der Waals surface area contributed by atoms with Crippen LogP contribution >= 0.6 is 0 Å². The summed E-state index contributed by atoms with van der Waals surface area (Å²) in [6, 6.07) is 27.3. The molecule has 3 rings (SSSR count). The van der Waals surface area contributed by atoms with Gasteiger partial charge in [0.25, 0.3) is 0 Å². The number of benzene rings is 3. The van der Waals surface area contributed by atoms with Crippen LogP contribution in [0.3, 0.4) is 0 Å². The zero-order valence-electron chi connectivity index (χ0n) is 15.2. The predicted octanol–water partition coefficient (Wildman–Crippen LogP) is 4.54. The Balaban J connectivity index is 2.13. The summed E-state index contributed by atoms with van der Waals surface area (Å²) in [5.41, 5.74) is 0.160. The highest BCUT2D eigenvalue weighted by atomic mass is 16.5. The van der Waals surface area contributed by atoms with Crippen molar-refractivity contribution >= 4 is 11.4 Å². The normalized spacial score (nSPS) is 14.1. The van der Waals surface area contributed by atoms with Crippen LogP contribution in [0.15, 0.2) is 97.6 Å². The zero-order valence-corrected chi connectivity index (χ0v) is 15.2. The fraction of sp³-hybridized carbons (Fsp3) is 0.125. The van der Waals surface area contributed by atoms with Gasteiger partial charge in [-0.25, -0.2) is 0 Å². The number of methoxy groups -OCH3 is 1. The van der Waals surface area contributed by atoms with Crippen molar-refractivity contribution in [2.24, 2.45) is 0 Å². The van der Waals surface area contributed by atoms with Gasteiger partial charge in [-0.15, -0.1) is 0 Å². The first-order chi connectivity index (χ1) is 13.1. The molecular formula is C24H22O3. The Labute approximate surface area is 159 Å². The van der Waals surface area contributed by atoms with Crippen molar-refractivity contribution in [3.63, 3.8) is 0 Å². The van der Waals surface area contributed by atoms with Crippen molar-refractivity contribution in [2.75, 3.05) is 7.11 Å². The maximum absolute atomic E-state index is 13.5. The number of hydrogen-bond acceptors (Lipinski definition) is 3. The van der Waals surface area contributed by atoms with Crippen LogP contribution in [0.2, 0.25) is 0 Å². The Morgan fingerprint density at radius 3 is 1.89 bits per heavy atom. The van der Waals surface area contributed by atoms with Crippen LogP contribution in [-0.2, 0) is 15.1 Å². The van der Waals surface area contributed by atoms with Gasteiger partial charge in [0.2, 0.25) is 5.78 Å². The van der Waals surface area contributed by atoms with E-state index in [9.17, 15) is 9.90 Å². The lowest BCUT2D eigenvalue weighted by Gasteiger charge is -2.35. The molecule has 0 unspecified atom stereocenters. The fourth-order valence-corrected chi connectivity index (χ4v) is 3.27. The van der Waals surface area contributed by atoms with Gasteiger partial charge in [0.05, 0.1) is 0 Å². The molecule has 0 aliphatic carbocycles. The van der Waals surface area contributed by atoms with Crippen molar-refractivity contribution in [3.05, 3.63) is 114 Å². The Hall–Kier alpha value is -3.01. The highest BCUT2D eigenvalue weighted by Gasteiger charge is 2.47. The highest BCUT2D eigenvalue weighted by Crippen LogP contribution is 2.41. The van der Waals surface area contributed by atoms with E-state index >= 15 is 0 Å². The fourth-order valence-electron chi connectivity index (χ4n) is 3.27. The van der Waals surface area contributed by atoms with E-state index in [0.29, 0.717) is 16.7 Å². The van der Waals surface area contributed by atoms with E-state index < -0.39 is 17.5 Å². The monoisotopic (exact) mass is 358 g/mol. The third kappa shape index (κ3) is 3.61. The van der Waals surface area contributed by atoms with Crippen molar-refractivity contribution in [1.29, 1.82) is 0 Å². The second-order valence-electron chi connectivity index (χ2n) is 6.33. The van der Waals surface area contributed by atoms with Crippen molar-refractivity contribution in [2.45, 2.75) is 11.7 Å². The first-order valence-corrected chi connectivity index (χ1v) is 8.73. The van der Waals surface area contributed by atoms with E-state index in [4.69, 9.17) is 4.74 Å². The van der Waals surface area contributed by atoms with Crippen LogP contribution in [0, 0.1) is 0 Å². The third-order valence-electron chi connectivity index (χ3n) is 4.67. The van der Waals surface area contributed by atoms with E-state index in [1.54, 1.807) is 36.4 Å². The molecule has 0 aliphatic rings. The molecule has 0 bridgehead atoms. The van der Waals surface area contributed by atoms with Crippen molar-refractivity contribution in [3.8, 4) is 0 Å². The Morgan fingerprint density at radius 2 is 1.37 bits per heavy atom. The molecule has 2 atom stereocenters. The molecular weight excluding hydrogens is 336 g/mol. The summed E-state index contributed by atoms with van der Waals surface area (Å²) in [5.74, 6) is -0.490. The Kier molecular flexibility index (Phi) is 5.65. The van der Waals surface area contributed by atoms with Gasteiger partial charge in [-0.3, -0.25) is 4.79 Å². The lowest BCUT2D eigenvalue weighted by Crippen LogP contribution is -2.43. The summed E-state index contributed by atoms with van der Waals surface area (Å²) in [6.07, 6.45) is -0.880. The minimum absolute atomic E-state index is 0.236. The van der Waals surface area contributed by atoms with Gasteiger partial charge < -0.3 is 9.84 Å². The number of Topliss-reactive ketones (excluding diaryl/α,β-unsaturated/α-hetero) is 1. The van der Waals surface area contributed by atoms with Crippen LogP contribution in [0.5, 0.6) is 0 Å². The molecule has 0 radical (unpaired) electrons. The van der Waals surface area contributed by atoms with Crippen LogP contribution in [0.25, 0.3) is 5.57 Å². The number of aliphatic hydroxyl groups is 1. The molecule has 1 N–H and O–H groups in total. The lowest BCUT2D eigenvalue weighted by molar-refractivity contribution is -0.151. The van der Waals surface area contributed by atoms with Gasteiger partial charge in [-0.05, 0) is 16.7 Å². The smallest absolute Gasteiger partial charge is 0.202 e. The van der Waals surface area contributed by atoms with E-state index in [2.05, 4.69) is 6.58 Å². The molecule has 3 aromatic rings. The maximum atomic E-state index is 13.5. The van der Waals surface area contributed by atoms with Gasteiger partial charge in [0, 0.05) is 12.7 Å². The molecule has 0 spiro atoms. The number of ketones is 1. The van der Waals surface area contributed by atoms with Crippen LogP contribution < -0.4 is 0 Å². The summed E-state index contributed by atoms with van der Waals surface area (Å²) in [6.45, 7) is 3.96. The molecule has 0 saturated heterocycles. The van der Waals surface area contributed by atoms with Gasteiger partial charge in [0.1, 0.15) is 6.10 Å². The molecule has 0 heterocycles. The standard InChI is InChI=1S/C24H22O3/c1-18(19-12-6-3-7-13-19)22(25)24(26,21-16-10-5-11-17-21)23(27-2)20-14-8-4-9-15-20/h3-17,23,26H,1H2,2H3/t23-,24-/m1/s1. The van der Waals surface area contributed by atoms with Gasteiger partial charge >= 0.3 is 0 Å². The second-order valence-corrected chi connectivity index (χ2v) is 6.33. The molecule has 0 fully saturated rings. The summed E-state index contributed by atoms with van der Waals surface area (Å²) in [4.78, 5) is 13.5. The topological polar surface area (TPSA) is 46.5 Å². The largest absolute Gasteiger partial charge is 0.374 e. The minimum Gasteiger partial charge on any atom is -0.374 e. The molecule has 3 aromatic carbocycles. The average Bonchev–Trinajstić information content (AvgIpc) is 2.75. The predicted molar refractivity (Wildman–Crippen MR) is 107 cm³/mol. The van der Waals surface area contributed by atoms with Crippen molar-refractivity contribution < 1.29 is 14.6 Å². The average molecular weight is 358 g/mol. The molecule has 0 aliphatic heterocycles. The quantitative estimate of drug-likeness (QED) is 0.631.